The van der Waals surface area contributed by atoms with Crippen molar-refractivity contribution in [3.8, 4) is 0 Å². The second-order valence-electron chi connectivity index (χ2n) is 5.10. The van der Waals surface area contributed by atoms with Crippen LogP contribution in [0.15, 0.2) is 6.07 Å². The lowest BCUT2D eigenvalue weighted by molar-refractivity contribution is 0.111. The second-order valence-corrected chi connectivity index (χ2v) is 5.10. The molecule has 2 unspecified atom stereocenters. The van der Waals surface area contributed by atoms with E-state index in [1.54, 1.807) is 10.7 Å². The molecule has 0 saturated heterocycles. The van der Waals surface area contributed by atoms with Gasteiger partial charge in [-0.2, -0.15) is 5.10 Å². The molecule has 2 heterocycles. The number of likely N-dealkylation sites (N-methyl/N-ethyl adjacent to an activating group) is 1. The second kappa shape index (κ2) is 3.41. The maximum atomic E-state index is 13.0. The average molecular weight is 242 g/mol. The van der Waals surface area contributed by atoms with Crippen molar-refractivity contribution >= 4 is 5.82 Å². The summed E-state index contributed by atoms with van der Waals surface area (Å²) < 4.78 is 27.8. The lowest BCUT2D eigenvalue weighted by atomic mass is 10.2. The largest absolute Gasteiger partial charge is 0.358 e. The van der Waals surface area contributed by atoms with Gasteiger partial charge in [0.2, 0.25) is 0 Å². The van der Waals surface area contributed by atoms with Crippen molar-refractivity contribution in [1.29, 1.82) is 0 Å². The molecule has 94 valence electrons. The van der Waals surface area contributed by atoms with Crippen LogP contribution in [0.5, 0.6) is 0 Å². The van der Waals surface area contributed by atoms with Crippen LogP contribution in [0.2, 0.25) is 0 Å². The standard InChI is InChI=1S/C11H16F2N4/c1-16-6-7(14)2-3-17-10(16)4-9(15-17)8-5-11(8,12)13/h4,7-8H,2-3,5-6,14H2,1H3. The van der Waals surface area contributed by atoms with Crippen LogP contribution in [0.1, 0.15) is 24.5 Å². The number of hydrogen-bond donors (Lipinski definition) is 1. The number of nitrogens with two attached hydrogens (primary N) is 1. The number of rotatable bonds is 1. The number of anilines is 1. The molecule has 1 saturated carbocycles. The predicted molar refractivity (Wildman–Crippen MR) is 60.4 cm³/mol. The molecule has 17 heavy (non-hydrogen) atoms. The third kappa shape index (κ3) is 1.80. The molecule has 0 radical (unpaired) electrons. The molecule has 0 aromatic carbocycles. The van der Waals surface area contributed by atoms with E-state index in [0.29, 0.717) is 12.2 Å². The van der Waals surface area contributed by atoms with E-state index in [1.807, 2.05) is 11.9 Å². The Balaban J connectivity index is 1.89. The molecule has 2 N–H and O–H groups in total. The van der Waals surface area contributed by atoms with Crippen LogP contribution in [-0.4, -0.2) is 35.3 Å². The van der Waals surface area contributed by atoms with Gasteiger partial charge in [-0.3, -0.25) is 0 Å². The third-order valence-corrected chi connectivity index (χ3v) is 3.57. The first kappa shape index (κ1) is 11.0. The molecule has 1 aromatic rings. The summed E-state index contributed by atoms with van der Waals surface area (Å²) in [6.45, 7) is 1.45. The highest BCUT2D eigenvalue weighted by molar-refractivity contribution is 5.43. The Morgan fingerprint density at radius 2 is 2.24 bits per heavy atom. The normalized spacial score (nSPS) is 30.9. The van der Waals surface area contributed by atoms with E-state index in [2.05, 4.69) is 5.10 Å². The fourth-order valence-electron chi connectivity index (χ4n) is 2.43. The summed E-state index contributed by atoms with van der Waals surface area (Å²) in [4.78, 5) is 1.99. The fraction of sp³-hybridized carbons (Fsp3) is 0.727. The van der Waals surface area contributed by atoms with Crippen molar-refractivity contribution in [2.45, 2.75) is 37.3 Å². The zero-order chi connectivity index (χ0) is 12.2. The molecule has 6 heteroatoms. The van der Waals surface area contributed by atoms with Crippen molar-refractivity contribution in [1.82, 2.24) is 9.78 Å². The van der Waals surface area contributed by atoms with E-state index in [4.69, 9.17) is 5.73 Å². The van der Waals surface area contributed by atoms with E-state index in [1.165, 1.54) is 0 Å². The van der Waals surface area contributed by atoms with Crippen LogP contribution in [0.3, 0.4) is 0 Å². The zero-order valence-corrected chi connectivity index (χ0v) is 9.74. The first-order chi connectivity index (χ1) is 7.97. The highest BCUT2D eigenvalue weighted by Crippen LogP contribution is 2.55. The number of alkyl halides is 2. The van der Waals surface area contributed by atoms with Crippen molar-refractivity contribution in [2.75, 3.05) is 18.5 Å². The lowest BCUT2D eigenvalue weighted by Gasteiger charge is -2.18. The first-order valence-electron chi connectivity index (χ1n) is 5.89. The van der Waals surface area contributed by atoms with Gasteiger partial charge in [-0.25, -0.2) is 13.5 Å². The Labute approximate surface area is 98.4 Å². The highest BCUT2D eigenvalue weighted by atomic mass is 19.3. The van der Waals surface area contributed by atoms with Gasteiger partial charge < -0.3 is 10.6 Å². The molecule has 1 aromatic heterocycles. The van der Waals surface area contributed by atoms with Crippen molar-refractivity contribution in [3.05, 3.63) is 11.8 Å². The maximum absolute atomic E-state index is 13.0. The number of nitrogens with zero attached hydrogens (tertiary/aromatic N) is 3. The summed E-state index contributed by atoms with van der Waals surface area (Å²) >= 11 is 0. The van der Waals surface area contributed by atoms with E-state index in [9.17, 15) is 8.78 Å². The number of halogens is 2. The van der Waals surface area contributed by atoms with Crippen molar-refractivity contribution < 1.29 is 8.78 Å². The molecule has 3 rings (SSSR count). The smallest absolute Gasteiger partial charge is 0.257 e. The van der Waals surface area contributed by atoms with Gasteiger partial charge in [0.05, 0.1) is 11.6 Å². The third-order valence-electron chi connectivity index (χ3n) is 3.57. The Morgan fingerprint density at radius 3 is 2.88 bits per heavy atom. The highest BCUT2D eigenvalue weighted by Gasteiger charge is 2.59. The number of fused-ring (bicyclic) bond motifs is 1. The minimum atomic E-state index is -2.55. The van der Waals surface area contributed by atoms with Crippen molar-refractivity contribution in [3.63, 3.8) is 0 Å². The molecule has 1 aliphatic heterocycles. The van der Waals surface area contributed by atoms with Gasteiger partial charge in [0.15, 0.2) is 0 Å². The van der Waals surface area contributed by atoms with Gasteiger partial charge in [0.1, 0.15) is 5.82 Å². The SMILES string of the molecule is CN1CC(N)CCn2nc(C3CC3(F)F)cc21. The van der Waals surface area contributed by atoms with Crippen LogP contribution in [0.4, 0.5) is 14.6 Å². The van der Waals surface area contributed by atoms with Crippen LogP contribution < -0.4 is 10.6 Å². The van der Waals surface area contributed by atoms with Gasteiger partial charge in [-0.15, -0.1) is 0 Å². The summed E-state index contributed by atoms with van der Waals surface area (Å²) in [5, 5.41) is 4.29. The topological polar surface area (TPSA) is 47.1 Å². The molecular formula is C11H16F2N4. The molecular weight excluding hydrogens is 226 g/mol. The first-order valence-corrected chi connectivity index (χ1v) is 5.89. The Bertz CT molecular complexity index is 443. The van der Waals surface area contributed by atoms with Crippen LogP contribution in [0, 0.1) is 0 Å². The number of aromatic nitrogens is 2. The average Bonchev–Trinajstić information content (AvgIpc) is 2.75. The van der Waals surface area contributed by atoms with Crippen LogP contribution in [-0.2, 0) is 6.54 Å². The summed E-state index contributed by atoms with van der Waals surface area (Å²) in [6.07, 6.45) is 0.770. The Hall–Kier alpha value is -1.17. The minimum Gasteiger partial charge on any atom is -0.358 e. The van der Waals surface area contributed by atoms with E-state index in [0.717, 1.165) is 18.8 Å². The predicted octanol–water partition coefficient (Wildman–Crippen LogP) is 1.17. The van der Waals surface area contributed by atoms with Crippen molar-refractivity contribution in [2.24, 2.45) is 5.73 Å². The molecule has 2 aliphatic rings. The fourth-order valence-corrected chi connectivity index (χ4v) is 2.43. The number of hydrogen-bond acceptors (Lipinski definition) is 3. The monoisotopic (exact) mass is 242 g/mol. The quantitative estimate of drug-likeness (QED) is 0.804. The molecule has 0 bridgehead atoms. The summed E-state index contributed by atoms with van der Waals surface area (Å²) in [7, 11) is 1.92. The van der Waals surface area contributed by atoms with E-state index in [-0.39, 0.29) is 12.5 Å². The molecule has 2 atom stereocenters. The molecule has 4 nitrogen and oxygen atoms in total. The van der Waals surface area contributed by atoms with Gasteiger partial charge in [-0.1, -0.05) is 0 Å². The van der Waals surface area contributed by atoms with Gasteiger partial charge in [-0.05, 0) is 6.42 Å². The Kier molecular flexibility index (Phi) is 2.20. The number of aryl methyl sites for hydroxylation is 1. The van der Waals surface area contributed by atoms with E-state index < -0.39 is 11.8 Å². The lowest BCUT2D eigenvalue weighted by Crippen LogP contribution is -2.33. The summed E-state index contributed by atoms with van der Waals surface area (Å²) in [5.41, 5.74) is 6.43. The molecule has 0 amide bonds. The molecule has 1 fully saturated rings. The summed E-state index contributed by atoms with van der Waals surface area (Å²) in [6, 6.07) is 1.90. The Morgan fingerprint density at radius 1 is 1.53 bits per heavy atom. The van der Waals surface area contributed by atoms with Crippen LogP contribution in [0.25, 0.3) is 0 Å². The molecule has 1 aliphatic carbocycles. The zero-order valence-electron chi connectivity index (χ0n) is 9.74. The van der Waals surface area contributed by atoms with Gasteiger partial charge in [0.25, 0.3) is 5.92 Å². The maximum Gasteiger partial charge on any atom is 0.257 e. The van der Waals surface area contributed by atoms with Gasteiger partial charge >= 0.3 is 0 Å². The van der Waals surface area contributed by atoms with Crippen LogP contribution >= 0.6 is 0 Å². The van der Waals surface area contributed by atoms with Gasteiger partial charge in [0, 0.05) is 38.7 Å². The van der Waals surface area contributed by atoms with E-state index >= 15 is 0 Å². The summed E-state index contributed by atoms with van der Waals surface area (Å²) in [5.74, 6) is -2.32. The molecule has 0 spiro atoms. The minimum absolute atomic E-state index is 0.0628.